The second-order valence-corrected chi connectivity index (χ2v) is 8.49. The standard InChI is InChI=1S/C30H34N6O2/c1-6-11-22(29-33-34-30(38-29)24-14-19-26(20-15-24)36(9-4)10-5)16-21-27-31-32-28(37-27)23-12-17-25(18-13-23)35(7-2)8-3/h6,11-21H,1,7-10H2,2-5H3/b21-16+,22-11+. The normalized spacial score (nSPS) is 11.7. The smallest absolute Gasteiger partial charge is 0.248 e. The van der Waals surface area contributed by atoms with E-state index in [2.05, 4.69) is 88.7 Å². The topological polar surface area (TPSA) is 84.3 Å². The van der Waals surface area contributed by atoms with Gasteiger partial charge in [-0.15, -0.1) is 20.4 Å². The highest BCUT2D eigenvalue weighted by Crippen LogP contribution is 2.26. The van der Waals surface area contributed by atoms with Crippen molar-refractivity contribution >= 4 is 23.0 Å². The van der Waals surface area contributed by atoms with Crippen LogP contribution in [-0.2, 0) is 0 Å². The third kappa shape index (κ3) is 6.08. The highest BCUT2D eigenvalue weighted by molar-refractivity contribution is 5.75. The summed E-state index contributed by atoms with van der Waals surface area (Å²) in [5.41, 5.74) is 4.73. The first-order valence-electron chi connectivity index (χ1n) is 13.0. The lowest BCUT2D eigenvalue weighted by molar-refractivity contribution is 0.554. The Bertz CT molecular complexity index is 1370. The van der Waals surface area contributed by atoms with Gasteiger partial charge >= 0.3 is 0 Å². The fourth-order valence-corrected chi connectivity index (χ4v) is 4.17. The SMILES string of the molecule is C=C/C=C(\C=C\c1nnc(-c2ccc(N(CC)CC)cc2)o1)c1nnc(-c2ccc(N(CC)CC)cc2)o1. The molecule has 4 rings (SSSR count). The quantitative estimate of drug-likeness (QED) is 0.193. The van der Waals surface area contributed by atoms with Crippen molar-refractivity contribution in [1.29, 1.82) is 0 Å². The molecule has 0 N–H and O–H groups in total. The van der Waals surface area contributed by atoms with Gasteiger partial charge in [0.2, 0.25) is 23.6 Å². The van der Waals surface area contributed by atoms with Gasteiger partial charge in [-0.3, -0.25) is 0 Å². The molecule has 0 aliphatic rings. The van der Waals surface area contributed by atoms with Crippen molar-refractivity contribution in [3.8, 4) is 22.9 Å². The Morgan fingerprint density at radius 3 is 1.71 bits per heavy atom. The van der Waals surface area contributed by atoms with Gasteiger partial charge in [0.15, 0.2) is 0 Å². The van der Waals surface area contributed by atoms with E-state index in [4.69, 9.17) is 8.83 Å². The number of aromatic nitrogens is 4. The second kappa shape index (κ2) is 12.7. The molecule has 2 aromatic heterocycles. The van der Waals surface area contributed by atoms with Crippen LogP contribution in [0.25, 0.3) is 34.6 Å². The Morgan fingerprint density at radius 2 is 1.21 bits per heavy atom. The third-order valence-electron chi connectivity index (χ3n) is 6.30. The largest absolute Gasteiger partial charge is 0.417 e. The van der Waals surface area contributed by atoms with E-state index in [1.165, 1.54) is 0 Å². The molecule has 8 nitrogen and oxygen atoms in total. The van der Waals surface area contributed by atoms with E-state index in [0.717, 1.165) is 48.7 Å². The Kier molecular flexibility index (Phi) is 8.87. The van der Waals surface area contributed by atoms with Gasteiger partial charge in [-0.05, 0) is 82.3 Å². The van der Waals surface area contributed by atoms with Gasteiger partial charge in [-0.25, -0.2) is 0 Å². The van der Waals surface area contributed by atoms with Gasteiger partial charge in [-0.1, -0.05) is 18.7 Å². The van der Waals surface area contributed by atoms with Crippen LogP contribution in [0.4, 0.5) is 11.4 Å². The average molecular weight is 511 g/mol. The van der Waals surface area contributed by atoms with Crippen molar-refractivity contribution < 1.29 is 8.83 Å². The van der Waals surface area contributed by atoms with Crippen LogP contribution in [0.15, 0.2) is 82.2 Å². The second-order valence-electron chi connectivity index (χ2n) is 8.49. The van der Waals surface area contributed by atoms with E-state index in [1.54, 1.807) is 24.3 Å². The molecular weight excluding hydrogens is 476 g/mol. The van der Waals surface area contributed by atoms with Crippen LogP contribution in [-0.4, -0.2) is 46.6 Å². The number of hydrogen-bond acceptors (Lipinski definition) is 8. The summed E-state index contributed by atoms with van der Waals surface area (Å²) < 4.78 is 11.8. The van der Waals surface area contributed by atoms with Gasteiger partial charge in [0.25, 0.3) is 0 Å². The molecule has 4 aromatic rings. The van der Waals surface area contributed by atoms with Gasteiger partial charge in [-0.2, -0.15) is 0 Å². The minimum absolute atomic E-state index is 0.370. The summed E-state index contributed by atoms with van der Waals surface area (Å²) in [5.74, 6) is 1.64. The maximum Gasteiger partial charge on any atom is 0.248 e. The highest BCUT2D eigenvalue weighted by atomic mass is 16.4. The molecule has 0 radical (unpaired) electrons. The first-order chi connectivity index (χ1) is 18.6. The molecule has 2 heterocycles. The molecule has 0 amide bonds. The van der Waals surface area contributed by atoms with Crippen LogP contribution in [0.2, 0.25) is 0 Å². The first-order valence-corrected chi connectivity index (χ1v) is 13.0. The lowest BCUT2D eigenvalue weighted by atomic mass is 10.2. The predicted molar refractivity (Wildman–Crippen MR) is 154 cm³/mol. The third-order valence-corrected chi connectivity index (χ3v) is 6.30. The minimum atomic E-state index is 0.370. The maximum absolute atomic E-state index is 5.98. The molecule has 0 aliphatic heterocycles. The summed E-state index contributed by atoms with van der Waals surface area (Å²) in [6.07, 6.45) is 6.97. The Labute approximate surface area is 224 Å². The molecule has 8 heteroatoms. The molecule has 2 aromatic carbocycles. The van der Waals surface area contributed by atoms with E-state index < -0.39 is 0 Å². The molecule has 0 fully saturated rings. The predicted octanol–water partition coefficient (Wildman–Crippen LogP) is 6.76. The minimum Gasteiger partial charge on any atom is -0.417 e. The van der Waals surface area contributed by atoms with E-state index in [9.17, 15) is 0 Å². The molecule has 38 heavy (non-hydrogen) atoms. The van der Waals surface area contributed by atoms with Crippen LogP contribution in [0.1, 0.15) is 39.5 Å². The van der Waals surface area contributed by atoms with Crippen molar-refractivity contribution in [2.75, 3.05) is 36.0 Å². The van der Waals surface area contributed by atoms with Crippen molar-refractivity contribution in [1.82, 2.24) is 20.4 Å². The summed E-state index contributed by atoms with van der Waals surface area (Å²) in [4.78, 5) is 4.56. The van der Waals surface area contributed by atoms with Gasteiger partial charge in [0.1, 0.15) is 0 Å². The van der Waals surface area contributed by atoms with Crippen molar-refractivity contribution in [3.63, 3.8) is 0 Å². The molecule has 0 aliphatic carbocycles. The van der Waals surface area contributed by atoms with Crippen LogP contribution in [0.3, 0.4) is 0 Å². The van der Waals surface area contributed by atoms with Crippen LogP contribution in [0.5, 0.6) is 0 Å². The van der Waals surface area contributed by atoms with Gasteiger partial charge < -0.3 is 18.6 Å². The first kappa shape index (κ1) is 26.6. The zero-order valence-corrected chi connectivity index (χ0v) is 22.5. The van der Waals surface area contributed by atoms with Crippen LogP contribution >= 0.6 is 0 Å². The molecule has 0 atom stereocenters. The molecule has 196 valence electrons. The number of allylic oxidation sites excluding steroid dienone is 4. The van der Waals surface area contributed by atoms with Crippen LogP contribution in [0, 0.1) is 0 Å². The Balaban J connectivity index is 1.48. The lowest BCUT2D eigenvalue weighted by Gasteiger charge is -2.20. The van der Waals surface area contributed by atoms with Crippen molar-refractivity contribution in [3.05, 3.63) is 85.1 Å². The number of hydrogen-bond donors (Lipinski definition) is 0. The zero-order valence-electron chi connectivity index (χ0n) is 22.5. The lowest BCUT2D eigenvalue weighted by Crippen LogP contribution is -2.21. The van der Waals surface area contributed by atoms with E-state index in [0.29, 0.717) is 29.1 Å². The summed E-state index contributed by atoms with van der Waals surface area (Å²) in [6.45, 7) is 16.2. The molecular formula is C30H34N6O2. The van der Waals surface area contributed by atoms with Gasteiger partial charge in [0.05, 0.1) is 0 Å². The molecule has 0 bridgehead atoms. The maximum atomic E-state index is 5.98. The van der Waals surface area contributed by atoms with E-state index >= 15 is 0 Å². The molecule has 0 saturated carbocycles. The summed E-state index contributed by atoms with van der Waals surface area (Å²) in [5, 5.41) is 16.8. The molecule has 0 unspecified atom stereocenters. The molecule has 0 spiro atoms. The number of benzene rings is 2. The van der Waals surface area contributed by atoms with Gasteiger partial charge in [0, 0.05) is 60.3 Å². The summed E-state index contributed by atoms with van der Waals surface area (Å²) >= 11 is 0. The summed E-state index contributed by atoms with van der Waals surface area (Å²) in [6, 6.07) is 16.2. The molecule has 0 saturated heterocycles. The van der Waals surface area contributed by atoms with E-state index in [-0.39, 0.29) is 0 Å². The Morgan fingerprint density at radius 1 is 0.711 bits per heavy atom. The fourth-order valence-electron chi connectivity index (χ4n) is 4.17. The van der Waals surface area contributed by atoms with Crippen LogP contribution < -0.4 is 9.80 Å². The Hall–Kier alpha value is -4.46. The zero-order chi connectivity index (χ0) is 26.9. The fraction of sp³-hybridized carbons (Fsp3) is 0.267. The van der Waals surface area contributed by atoms with Crippen molar-refractivity contribution in [2.24, 2.45) is 0 Å². The van der Waals surface area contributed by atoms with Crippen molar-refractivity contribution in [2.45, 2.75) is 27.7 Å². The monoisotopic (exact) mass is 510 g/mol. The summed E-state index contributed by atoms with van der Waals surface area (Å²) in [7, 11) is 0. The highest BCUT2D eigenvalue weighted by Gasteiger charge is 2.13. The van der Waals surface area contributed by atoms with E-state index in [1.807, 2.05) is 24.3 Å². The number of anilines is 2. The number of rotatable bonds is 12. The average Bonchev–Trinajstić information content (AvgIpc) is 3.64. The number of nitrogens with zero attached hydrogens (tertiary/aromatic N) is 6.